The van der Waals surface area contributed by atoms with Crippen LogP contribution in [-0.4, -0.2) is 0 Å². The van der Waals surface area contributed by atoms with Crippen molar-refractivity contribution in [3.8, 4) is 0 Å². The van der Waals surface area contributed by atoms with Gasteiger partial charge in [0.15, 0.2) is 0 Å². The van der Waals surface area contributed by atoms with Gasteiger partial charge in [-0.2, -0.15) is 0 Å². The lowest BCUT2D eigenvalue weighted by molar-refractivity contribution is 0.599. The van der Waals surface area contributed by atoms with Crippen molar-refractivity contribution < 1.29 is 0 Å². The highest BCUT2D eigenvalue weighted by atomic mass is 14.2. The maximum Gasteiger partial charge on any atom is -0.0221 e. The first-order valence-electron chi connectivity index (χ1n) is 4.75. The molecule has 2 aliphatic carbocycles. The third-order valence-electron chi connectivity index (χ3n) is 2.82. The second-order valence-corrected chi connectivity index (χ2v) is 3.88. The van der Waals surface area contributed by atoms with E-state index in [1.54, 1.807) is 11.1 Å². The minimum Gasteiger partial charge on any atom is -0.0811 e. The molecule has 2 rings (SSSR count). The average Bonchev–Trinajstić information content (AvgIpc) is 2.04. The van der Waals surface area contributed by atoms with Crippen LogP contribution in [0, 0.1) is 5.92 Å². The Labute approximate surface area is 69.0 Å². The molecule has 0 spiro atoms. The predicted octanol–water partition coefficient (Wildman–Crippen LogP) is 3.45. The Bertz CT molecular complexity index is 208. The van der Waals surface area contributed by atoms with Gasteiger partial charge in [-0.15, -0.1) is 0 Å². The fourth-order valence-corrected chi connectivity index (χ4v) is 2.16. The first-order chi connectivity index (χ1) is 5.36. The topological polar surface area (TPSA) is 0 Å². The van der Waals surface area contributed by atoms with Crippen molar-refractivity contribution >= 4 is 0 Å². The van der Waals surface area contributed by atoms with Gasteiger partial charge in [-0.1, -0.05) is 24.6 Å². The van der Waals surface area contributed by atoms with E-state index in [1.807, 2.05) is 0 Å². The highest BCUT2D eigenvalue weighted by Crippen LogP contribution is 2.33. The van der Waals surface area contributed by atoms with E-state index in [-0.39, 0.29) is 0 Å². The fraction of sp³-hybridized carbons (Fsp3) is 0.636. The van der Waals surface area contributed by atoms with Crippen LogP contribution in [0.4, 0.5) is 0 Å². The van der Waals surface area contributed by atoms with Gasteiger partial charge in [-0.3, -0.25) is 0 Å². The monoisotopic (exact) mass is 148 g/mol. The molecule has 0 heteroatoms. The summed E-state index contributed by atoms with van der Waals surface area (Å²) in [5, 5.41) is 0. The summed E-state index contributed by atoms with van der Waals surface area (Å²) < 4.78 is 0. The van der Waals surface area contributed by atoms with Crippen molar-refractivity contribution in [1.29, 1.82) is 0 Å². The van der Waals surface area contributed by atoms with Crippen LogP contribution in [0.2, 0.25) is 0 Å². The molecule has 0 aromatic heterocycles. The molecule has 2 aliphatic rings. The minimum absolute atomic E-state index is 0.798. The molecular weight excluding hydrogens is 132 g/mol. The van der Waals surface area contributed by atoms with Crippen molar-refractivity contribution in [2.45, 2.75) is 39.0 Å². The van der Waals surface area contributed by atoms with Crippen LogP contribution >= 0.6 is 0 Å². The normalized spacial score (nSPS) is 30.5. The zero-order valence-electron chi connectivity index (χ0n) is 7.27. The molecule has 60 valence electrons. The molecular formula is C11H16. The summed E-state index contributed by atoms with van der Waals surface area (Å²) in [7, 11) is 0. The van der Waals surface area contributed by atoms with E-state index in [0.717, 1.165) is 5.92 Å². The summed E-state index contributed by atoms with van der Waals surface area (Å²) in [5.41, 5.74) is 3.42. The lowest BCUT2D eigenvalue weighted by Crippen LogP contribution is -2.06. The molecule has 0 bridgehead atoms. The number of allylic oxidation sites excluding steroid dienone is 4. The zero-order chi connectivity index (χ0) is 7.68. The Kier molecular flexibility index (Phi) is 1.85. The summed E-state index contributed by atoms with van der Waals surface area (Å²) in [5.74, 6) is 0.798. The Morgan fingerprint density at radius 2 is 2.09 bits per heavy atom. The lowest BCUT2D eigenvalue weighted by Gasteiger charge is -2.23. The van der Waals surface area contributed by atoms with Crippen LogP contribution in [-0.2, 0) is 0 Å². The van der Waals surface area contributed by atoms with Crippen LogP contribution in [0.1, 0.15) is 39.0 Å². The first-order valence-corrected chi connectivity index (χ1v) is 4.75. The van der Waals surface area contributed by atoms with Crippen molar-refractivity contribution in [1.82, 2.24) is 0 Å². The molecule has 0 aliphatic heterocycles. The van der Waals surface area contributed by atoms with E-state index in [0.29, 0.717) is 0 Å². The van der Waals surface area contributed by atoms with Gasteiger partial charge in [0.2, 0.25) is 0 Å². The predicted molar refractivity (Wildman–Crippen MR) is 48.4 cm³/mol. The third kappa shape index (κ3) is 1.40. The Morgan fingerprint density at radius 3 is 3.00 bits per heavy atom. The molecule has 0 aromatic carbocycles. The van der Waals surface area contributed by atoms with Gasteiger partial charge < -0.3 is 0 Å². The van der Waals surface area contributed by atoms with E-state index in [4.69, 9.17) is 0 Å². The molecule has 0 saturated carbocycles. The summed E-state index contributed by atoms with van der Waals surface area (Å²) in [6.45, 7) is 2.31. The van der Waals surface area contributed by atoms with Crippen molar-refractivity contribution in [3.63, 3.8) is 0 Å². The van der Waals surface area contributed by atoms with Crippen molar-refractivity contribution in [3.05, 3.63) is 23.3 Å². The third-order valence-corrected chi connectivity index (χ3v) is 2.82. The van der Waals surface area contributed by atoms with E-state index < -0.39 is 0 Å². The summed E-state index contributed by atoms with van der Waals surface area (Å²) in [6, 6.07) is 0. The molecule has 0 radical (unpaired) electrons. The highest BCUT2D eigenvalue weighted by molar-refractivity contribution is 5.31. The standard InChI is InChI=1S/C11H16/c1-9-6-7-10-4-2-3-5-11(10)8-9/h6-7,9H,2-5,8H2,1H3. The Hall–Kier alpha value is -0.520. The molecule has 0 N–H and O–H groups in total. The van der Waals surface area contributed by atoms with E-state index in [1.165, 1.54) is 32.1 Å². The lowest BCUT2D eigenvalue weighted by atomic mass is 9.82. The largest absolute Gasteiger partial charge is 0.0811 e. The van der Waals surface area contributed by atoms with E-state index in [9.17, 15) is 0 Å². The van der Waals surface area contributed by atoms with Crippen LogP contribution < -0.4 is 0 Å². The molecule has 0 heterocycles. The van der Waals surface area contributed by atoms with Gasteiger partial charge in [0.25, 0.3) is 0 Å². The molecule has 0 nitrogen and oxygen atoms in total. The number of rotatable bonds is 0. The second kappa shape index (κ2) is 2.84. The van der Waals surface area contributed by atoms with Gasteiger partial charge >= 0.3 is 0 Å². The molecule has 11 heavy (non-hydrogen) atoms. The van der Waals surface area contributed by atoms with Gasteiger partial charge in [0.05, 0.1) is 0 Å². The maximum absolute atomic E-state index is 2.37. The second-order valence-electron chi connectivity index (χ2n) is 3.88. The molecule has 1 atom stereocenters. The van der Waals surface area contributed by atoms with E-state index in [2.05, 4.69) is 19.1 Å². The molecule has 0 saturated heterocycles. The number of hydrogen-bond acceptors (Lipinski definition) is 0. The van der Waals surface area contributed by atoms with Gasteiger partial charge in [-0.05, 0) is 43.6 Å². The van der Waals surface area contributed by atoms with Gasteiger partial charge in [0, 0.05) is 0 Å². The number of hydrogen-bond donors (Lipinski definition) is 0. The smallest absolute Gasteiger partial charge is 0.0221 e. The first kappa shape index (κ1) is 7.15. The minimum atomic E-state index is 0.798. The van der Waals surface area contributed by atoms with E-state index >= 15 is 0 Å². The SMILES string of the molecule is CC1C=CC2=C(CCCC2)C1. The zero-order valence-corrected chi connectivity index (χ0v) is 7.27. The highest BCUT2D eigenvalue weighted by Gasteiger charge is 2.15. The average molecular weight is 148 g/mol. The van der Waals surface area contributed by atoms with Crippen molar-refractivity contribution in [2.24, 2.45) is 5.92 Å². The molecule has 1 unspecified atom stereocenters. The van der Waals surface area contributed by atoms with Crippen LogP contribution in [0.25, 0.3) is 0 Å². The summed E-state index contributed by atoms with van der Waals surface area (Å²) in [4.78, 5) is 0. The van der Waals surface area contributed by atoms with Gasteiger partial charge in [-0.25, -0.2) is 0 Å². The molecule has 0 fully saturated rings. The fourth-order valence-electron chi connectivity index (χ4n) is 2.16. The van der Waals surface area contributed by atoms with Gasteiger partial charge in [0.1, 0.15) is 0 Å². The summed E-state index contributed by atoms with van der Waals surface area (Å²) in [6.07, 6.45) is 11.6. The van der Waals surface area contributed by atoms with Crippen LogP contribution in [0.15, 0.2) is 23.3 Å². The quantitative estimate of drug-likeness (QED) is 0.493. The molecule has 0 aromatic rings. The Morgan fingerprint density at radius 1 is 1.27 bits per heavy atom. The maximum atomic E-state index is 2.37. The Balaban J connectivity index is 2.20. The van der Waals surface area contributed by atoms with Crippen molar-refractivity contribution in [2.75, 3.05) is 0 Å². The summed E-state index contributed by atoms with van der Waals surface area (Å²) >= 11 is 0. The van der Waals surface area contributed by atoms with Crippen LogP contribution in [0.3, 0.4) is 0 Å². The van der Waals surface area contributed by atoms with Crippen LogP contribution in [0.5, 0.6) is 0 Å². The molecule has 0 amide bonds.